The molecule has 0 bridgehead atoms. The highest BCUT2D eigenvalue weighted by atomic mass is 16.5. The molecule has 27 heavy (non-hydrogen) atoms. The Hall–Kier alpha value is -2.36. The number of rotatable bonds is 8. The molecule has 0 spiro atoms. The molecular weight excluding hydrogens is 350 g/mol. The largest absolute Gasteiger partial charge is 0.394 e. The van der Waals surface area contributed by atoms with Crippen LogP contribution in [0.4, 0.5) is 0 Å². The van der Waals surface area contributed by atoms with Crippen LogP contribution in [0.3, 0.4) is 0 Å². The van der Waals surface area contributed by atoms with E-state index in [-0.39, 0.29) is 24.7 Å². The van der Waals surface area contributed by atoms with Crippen molar-refractivity contribution in [1.82, 2.24) is 25.3 Å². The van der Waals surface area contributed by atoms with E-state index in [1.807, 2.05) is 6.20 Å². The molecule has 0 saturated carbocycles. The zero-order chi connectivity index (χ0) is 19.1. The highest BCUT2D eigenvalue weighted by Gasteiger charge is 2.32. The average molecular weight is 375 g/mol. The van der Waals surface area contributed by atoms with Crippen molar-refractivity contribution in [1.29, 1.82) is 0 Å². The molecule has 2 aromatic rings. The number of hydrogen-bond donors (Lipinski definition) is 2. The number of aromatic nitrogens is 4. The van der Waals surface area contributed by atoms with Gasteiger partial charge >= 0.3 is 0 Å². The summed E-state index contributed by atoms with van der Waals surface area (Å²) in [7, 11) is 1.62. The molecule has 3 heterocycles. The zero-order valence-electron chi connectivity index (χ0n) is 15.3. The molecule has 2 aromatic heterocycles. The van der Waals surface area contributed by atoms with Crippen LogP contribution in [0, 0.1) is 0 Å². The lowest BCUT2D eigenvalue weighted by atomic mass is 9.97. The van der Waals surface area contributed by atoms with Gasteiger partial charge in [-0.2, -0.15) is 0 Å². The van der Waals surface area contributed by atoms with Gasteiger partial charge in [0.05, 0.1) is 31.6 Å². The Labute approximate surface area is 157 Å². The fraction of sp³-hybridized carbons (Fsp3) is 0.556. The highest BCUT2D eigenvalue weighted by Crippen LogP contribution is 2.22. The quantitative estimate of drug-likeness (QED) is 0.693. The monoisotopic (exact) mass is 375 g/mol. The molecule has 3 atom stereocenters. The zero-order valence-corrected chi connectivity index (χ0v) is 15.3. The van der Waals surface area contributed by atoms with Gasteiger partial charge in [-0.05, 0) is 31.4 Å². The van der Waals surface area contributed by atoms with E-state index in [1.54, 1.807) is 36.3 Å². The minimum Gasteiger partial charge on any atom is -0.394 e. The molecule has 3 rings (SSSR count). The second kappa shape index (κ2) is 9.54. The summed E-state index contributed by atoms with van der Waals surface area (Å²) in [5.74, 6) is -0.184. The summed E-state index contributed by atoms with van der Waals surface area (Å²) in [6.45, 7) is 0.970. The van der Waals surface area contributed by atoms with Crippen LogP contribution < -0.4 is 5.32 Å². The number of carbonyl (C=O) groups is 1. The molecule has 0 unspecified atom stereocenters. The van der Waals surface area contributed by atoms with Gasteiger partial charge < -0.3 is 19.9 Å². The maximum absolute atomic E-state index is 12.3. The van der Waals surface area contributed by atoms with Gasteiger partial charge in [0, 0.05) is 31.6 Å². The SMILES string of the molecule is COCc1cn(CC[C@H]2CC[C@@H](NC(=O)c3ccncc3)[C@@H](CO)O2)nn1. The van der Waals surface area contributed by atoms with Crippen molar-refractivity contribution >= 4 is 5.91 Å². The Morgan fingerprint density at radius 1 is 1.41 bits per heavy atom. The second-order valence-electron chi connectivity index (χ2n) is 6.57. The summed E-state index contributed by atoms with van der Waals surface area (Å²) in [4.78, 5) is 16.2. The summed E-state index contributed by atoms with van der Waals surface area (Å²) in [5.41, 5.74) is 1.33. The van der Waals surface area contributed by atoms with Crippen LogP contribution in [0.1, 0.15) is 35.3 Å². The smallest absolute Gasteiger partial charge is 0.251 e. The Morgan fingerprint density at radius 2 is 2.22 bits per heavy atom. The number of amides is 1. The van der Waals surface area contributed by atoms with Gasteiger partial charge in [-0.1, -0.05) is 5.21 Å². The van der Waals surface area contributed by atoms with Crippen LogP contribution in [0.2, 0.25) is 0 Å². The summed E-state index contributed by atoms with van der Waals surface area (Å²) in [6, 6.07) is 3.10. The first-order chi connectivity index (χ1) is 13.2. The lowest BCUT2D eigenvalue weighted by Crippen LogP contribution is -2.51. The molecule has 2 N–H and O–H groups in total. The molecule has 0 aromatic carbocycles. The molecule has 146 valence electrons. The van der Waals surface area contributed by atoms with Crippen molar-refractivity contribution in [2.45, 2.75) is 50.7 Å². The number of nitrogens with one attached hydrogen (secondary N) is 1. The first kappa shape index (κ1) is 19.4. The Kier molecular flexibility index (Phi) is 6.86. The van der Waals surface area contributed by atoms with E-state index in [9.17, 15) is 9.90 Å². The van der Waals surface area contributed by atoms with Crippen molar-refractivity contribution in [3.63, 3.8) is 0 Å². The van der Waals surface area contributed by atoms with Gasteiger partial charge in [-0.15, -0.1) is 5.10 Å². The van der Waals surface area contributed by atoms with E-state index >= 15 is 0 Å². The minimum atomic E-state index is -0.422. The van der Waals surface area contributed by atoms with E-state index in [0.29, 0.717) is 18.7 Å². The minimum absolute atomic E-state index is 0.00584. The third-order valence-corrected chi connectivity index (χ3v) is 4.61. The maximum Gasteiger partial charge on any atom is 0.251 e. The average Bonchev–Trinajstić information content (AvgIpc) is 3.15. The predicted molar refractivity (Wildman–Crippen MR) is 95.8 cm³/mol. The van der Waals surface area contributed by atoms with Gasteiger partial charge in [0.1, 0.15) is 11.8 Å². The second-order valence-corrected chi connectivity index (χ2v) is 6.57. The fourth-order valence-corrected chi connectivity index (χ4v) is 3.20. The van der Waals surface area contributed by atoms with Gasteiger partial charge in [0.25, 0.3) is 5.91 Å². The van der Waals surface area contributed by atoms with E-state index < -0.39 is 6.10 Å². The molecular formula is C18H25N5O4. The summed E-state index contributed by atoms with van der Waals surface area (Å²) in [6.07, 6.45) is 6.91. The van der Waals surface area contributed by atoms with E-state index in [2.05, 4.69) is 20.6 Å². The number of nitrogens with zero attached hydrogens (tertiary/aromatic N) is 4. The number of aryl methyl sites for hydroxylation is 1. The fourth-order valence-electron chi connectivity index (χ4n) is 3.20. The lowest BCUT2D eigenvalue weighted by molar-refractivity contribution is -0.0912. The van der Waals surface area contributed by atoms with E-state index in [0.717, 1.165) is 25.0 Å². The number of pyridine rings is 1. The number of aliphatic hydroxyl groups is 1. The number of ether oxygens (including phenoxy) is 2. The van der Waals surface area contributed by atoms with Crippen molar-refractivity contribution in [3.05, 3.63) is 42.0 Å². The van der Waals surface area contributed by atoms with Crippen LogP contribution in [-0.2, 0) is 22.6 Å². The number of hydrogen-bond acceptors (Lipinski definition) is 7. The maximum atomic E-state index is 12.3. The van der Waals surface area contributed by atoms with Gasteiger partial charge in [0.2, 0.25) is 0 Å². The Morgan fingerprint density at radius 3 is 2.96 bits per heavy atom. The molecule has 1 amide bonds. The number of aliphatic hydroxyl groups excluding tert-OH is 1. The van der Waals surface area contributed by atoms with Gasteiger partial charge in [-0.25, -0.2) is 0 Å². The van der Waals surface area contributed by atoms with Crippen molar-refractivity contribution in [2.75, 3.05) is 13.7 Å². The van der Waals surface area contributed by atoms with Gasteiger partial charge in [0.15, 0.2) is 0 Å². The van der Waals surface area contributed by atoms with Crippen LogP contribution in [0.15, 0.2) is 30.7 Å². The van der Waals surface area contributed by atoms with E-state index in [1.165, 1.54) is 0 Å². The highest BCUT2D eigenvalue weighted by molar-refractivity contribution is 5.94. The third-order valence-electron chi connectivity index (χ3n) is 4.61. The predicted octanol–water partition coefficient (Wildman–Crippen LogP) is 0.548. The Bertz CT molecular complexity index is 724. The molecule has 1 saturated heterocycles. The Balaban J connectivity index is 1.49. The lowest BCUT2D eigenvalue weighted by Gasteiger charge is -2.36. The molecule has 0 radical (unpaired) electrons. The first-order valence-corrected chi connectivity index (χ1v) is 9.04. The topological polar surface area (TPSA) is 111 Å². The van der Waals surface area contributed by atoms with Crippen molar-refractivity contribution < 1.29 is 19.4 Å². The van der Waals surface area contributed by atoms with Gasteiger partial charge in [-0.3, -0.25) is 14.5 Å². The first-order valence-electron chi connectivity index (χ1n) is 9.04. The molecule has 1 aliphatic rings. The van der Waals surface area contributed by atoms with Crippen LogP contribution in [0.25, 0.3) is 0 Å². The number of carbonyl (C=O) groups excluding carboxylic acids is 1. The molecule has 1 aliphatic heterocycles. The van der Waals surface area contributed by atoms with Crippen LogP contribution in [0.5, 0.6) is 0 Å². The number of methoxy groups -OCH3 is 1. The normalized spacial score (nSPS) is 22.5. The summed E-state index contributed by atoms with van der Waals surface area (Å²) >= 11 is 0. The standard InChI is InChI=1S/C18H25N5O4/c1-26-12-14-10-23(22-21-14)9-6-15-2-3-16(17(11-24)27-15)20-18(25)13-4-7-19-8-5-13/h4-5,7-8,10,15-17,24H,2-3,6,9,11-12H2,1H3,(H,20,25)/t15-,16-,17-/m1/s1. The molecule has 0 aliphatic carbocycles. The van der Waals surface area contributed by atoms with Crippen LogP contribution in [-0.4, -0.2) is 63.0 Å². The third kappa shape index (κ3) is 5.31. The molecule has 9 nitrogen and oxygen atoms in total. The molecule has 9 heteroatoms. The van der Waals surface area contributed by atoms with E-state index in [4.69, 9.17) is 9.47 Å². The summed E-state index contributed by atoms with van der Waals surface area (Å²) < 4.78 is 12.8. The molecule has 1 fully saturated rings. The van der Waals surface area contributed by atoms with Crippen LogP contribution >= 0.6 is 0 Å². The van der Waals surface area contributed by atoms with Crippen molar-refractivity contribution in [3.8, 4) is 0 Å². The van der Waals surface area contributed by atoms with Crippen molar-refractivity contribution in [2.24, 2.45) is 0 Å². The summed E-state index contributed by atoms with van der Waals surface area (Å²) in [5, 5.41) is 20.7.